The van der Waals surface area contributed by atoms with Crippen molar-refractivity contribution in [1.82, 2.24) is 0 Å². The van der Waals surface area contributed by atoms with Crippen molar-refractivity contribution < 1.29 is 17.8 Å². The molecule has 0 bridgehead atoms. The summed E-state index contributed by atoms with van der Waals surface area (Å²) in [6.07, 6.45) is 3.26. The van der Waals surface area contributed by atoms with Crippen LogP contribution in [0.5, 0.6) is 0 Å². The third-order valence-corrected chi connectivity index (χ3v) is 5.33. The number of hydrogen-bond donors (Lipinski definition) is 1. The first-order valence-corrected chi connectivity index (χ1v) is 9.21. The minimum atomic E-state index is -4.49. The maximum Gasteiger partial charge on any atom is 0.414 e. The highest BCUT2D eigenvalue weighted by atomic mass is 35.5. The van der Waals surface area contributed by atoms with E-state index in [1.54, 1.807) is 6.92 Å². The number of halogens is 4. The summed E-state index contributed by atoms with van der Waals surface area (Å²) < 4.78 is 40.1. The molecule has 0 saturated carbocycles. The molecule has 0 amide bonds. The smallest absolute Gasteiger partial charge is 0.193 e. The molecule has 0 saturated heterocycles. The second-order valence-corrected chi connectivity index (χ2v) is 6.98. The zero-order valence-corrected chi connectivity index (χ0v) is 15.7. The van der Waals surface area contributed by atoms with E-state index in [2.05, 4.69) is 11.9 Å². The van der Waals surface area contributed by atoms with E-state index < -0.39 is 17.1 Å². The van der Waals surface area contributed by atoms with Gasteiger partial charge in [0.25, 0.3) is 0 Å². The molecule has 1 aliphatic carbocycles. The first kappa shape index (κ1) is 20.2. The molecule has 0 fully saturated rings. The Morgan fingerprint density at radius 1 is 1.28 bits per heavy atom. The van der Waals surface area contributed by atoms with Crippen molar-refractivity contribution in [2.24, 2.45) is 10.8 Å². The van der Waals surface area contributed by atoms with Gasteiger partial charge in [0, 0.05) is 12.5 Å². The Labute approximate surface area is 152 Å². The van der Waals surface area contributed by atoms with Crippen molar-refractivity contribution in [2.45, 2.75) is 64.4 Å². The Kier molecular flexibility index (Phi) is 6.17. The van der Waals surface area contributed by atoms with Gasteiger partial charge in [0.2, 0.25) is 5.84 Å². The van der Waals surface area contributed by atoms with Crippen LogP contribution in [0.2, 0.25) is 0 Å². The van der Waals surface area contributed by atoms with Gasteiger partial charge in [-0.25, -0.2) is 0 Å². The standard InChI is InChI=1S/C18H26ClF3N3/c1-4-6-7-8-9-10-13-16(19)14(18(20,21)22)11-15-17(13)25(23,5-2)12(3)24-15/h10-11,16H,4-9,23H2,1-3H3/q+1. The van der Waals surface area contributed by atoms with E-state index in [4.69, 9.17) is 17.4 Å². The van der Waals surface area contributed by atoms with Gasteiger partial charge < -0.3 is 0 Å². The molecule has 25 heavy (non-hydrogen) atoms. The summed E-state index contributed by atoms with van der Waals surface area (Å²) in [5.41, 5.74) is 0.566. The minimum Gasteiger partial charge on any atom is -0.193 e. The number of likely N-dealkylation sites (N-methyl/N-ethyl adjacent to an activating group) is 1. The first-order valence-electron chi connectivity index (χ1n) is 8.77. The lowest BCUT2D eigenvalue weighted by Gasteiger charge is -2.33. The minimum absolute atomic E-state index is 0.0824. The molecule has 2 atom stereocenters. The number of rotatable bonds is 6. The fraction of sp³-hybridized carbons (Fsp3) is 0.611. The average molecular weight is 377 g/mol. The van der Waals surface area contributed by atoms with Gasteiger partial charge >= 0.3 is 6.18 Å². The molecule has 0 spiro atoms. The van der Waals surface area contributed by atoms with Crippen LogP contribution in [0.3, 0.4) is 0 Å². The Balaban J connectivity index is 2.44. The third kappa shape index (κ3) is 3.86. The predicted octanol–water partition coefficient (Wildman–Crippen LogP) is 5.35. The molecule has 0 radical (unpaired) electrons. The molecule has 140 valence electrons. The van der Waals surface area contributed by atoms with Crippen molar-refractivity contribution >= 4 is 17.4 Å². The maximum absolute atomic E-state index is 13.4. The molecule has 1 aliphatic heterocycles. The van der Waals surface area contributed by atoms with Crippen molar-refractivity contribution in [1.29, 1.82) is 0 Å². The van der Waals surface area contributed by atoms with Crippen LogP contribution < -0.4 is 5.84 Å². The van der Waals surface area contributed by atoms with Crippen LogP contribution in [-0.2, 0) is 0 Å². The van der Waals surface area contributed by atoms with Gasteiger partial charge in [0.05, 0.1) is 11.0 Å². The van der Waals surface area contributed by atoms with Gasteiger partial charge in [0.15, 0.2) is 5.70 Å². The van der Waals surface area contributed by atoms with E-state index in [9.17, 15) is 13.2 Å². The third-order valence-electron chi connectivity index (χ3n) is 4.86. The molecule has 7 heteroatoms. The Morgan fingerprint density at radius 3 is 2.52 bits per heavy atom. The molecule has 3 nitrogen and oxygen atoms in total. The van der Waals surface area contributed by atoms with Gasteiger partial charge in [-0.15, -0.1) is 11.6 Å². The molecule has 2 N–H and O–H groups in total. The van der Waals surface area contributed by atoms with E-state index >= 15 is 0 Å². The normalized spacial score (nSPS) is 28.3. The Morgan fingerprint density at radius 2 is 1.96 bits per heavy atom. The number of hydrogen-bond acceptors (Lipinski definition) is 2. The topological polar surface area (TPSA) is 38.4 Å². The molecule has 2 rings (SSSR count). The fourth-order valence-electron chi connectivity index (χ4n) is 3.31. The molecule has 1 heterocycles. The number of aliphatic imine (C=N–C) groups is 1. The van der Waals surface area contributed by atoms with Crippen LogP contribution in [0.1, 0.15) is 52.9 Å². The average Bonchev–Trinajstić information content (AvgIpc) is 2.79. The molecule has 0 aromatic rings. The summed E-state index contributed by atoms with van der Waals surface area (Å²) in [6.45, 7) is 6.25. The summed E-state index contributed by atoms with van der Waals surface area (Å²) in [4.78, 5) is 4.31. The monoisotopic (exact) mass is 376 g/mol. The lowest BCUT2D eigenvalue weighted by molar-refractivity contribution is -0.809. The van der Waals surface area contributed by atoms with E-state index in [1.807, 2.05) is 13.0 Å². The number of nitrogens with zero attached hydrogens (tertiary/aromatic N) is 2. The molecular weight excluding hydrogens is 351 g/mol. The lowest BCUT2D eigenvalue weighted by Crippen LogP contribution is -2.56. The second-order valence-electron chi connectivity index (χ2n) is 6.55. The van der Waals surface area contributed by atoms with E-state index in [-0.39, 0.29) is 10.3 Å². The van der Waals surface area contributed by atoms with Gasteiger partial charge in [-0.2, -0.15) is 28.6 Å². The van der Waals surface area contributed by atoms with E-state index in [1.165, 1.54) is 0 Å². The molecule has 0 aromatic heterocycles. The Bertz CT molecular complexity index is 646. The van der Waals surface area contributed by atoms with Gasteiger partial charge in [-0.3, -0.25) is 0 Å². The van der Waals surface area contributed by atoms with Crippen molar-refractivity contribution in [3.8, 4) is 0 Å². The summed E-state index contributed by atoms with van der Waals surface area (Å²) >= 11 is 6.26. The summed E-state index contributed by atoms with van der Waals surface area (Å²) in [7, 11) is 0. The lowest BCUT2D eigenvalue weighted by atomic mass is 9.92. The molecular formula is C18H26ClF3N3+. The van der Waals surface area contributed by atoms with Gasteiger partial charge in [0.1, 0.15) is 12.2 Å². The summed E-state index contributed by atoms with van der Waals surface area (Å²) in [5, 5.41) is -1.25. The number of unbranched alkanes of at least 4 members (excludes halogenated alkanes) is 4. The van der Waals surface area contributed by atoms with Crippen LogP contribution in [0.25, 0.3) is 0 Å². The van der Waals surface area contributed by atoms with Crippen LogP contribution in [0, 0.1) is 0 Å². The number of quaternary nitrogens is 1. The quantitative estimate of drug-likeness (QED) is 0.288. The number of allylic oxidation sites excluding steroid dienone is 4. The van der Waals surface area contributed by atoms with Crippen molar-refractivity contribution in [3.05, 3.63) is 34.7 Å². The predicted molar refractivity (Wildman–Crippen MR) is 95.7 cm³/mol. The highest BCUT2D eigenvalue weighted by molar-refractivity contribution is 6.25. The largest absolute Gasteiger partial charge is 0.414 e. The number of nitrogens with two attached hydrogens (primary N) is 1. The molecule has 2 unspecified atom stereocenters. The molecule has 0 aromatic carbocycles. The van der Waals surface area contributed by atoms with Crippen LogP contribution in [0.4, 0.5) is 13.2 Å². The van der Waals surface area contributed by atoms with Gasteiger partial charge in [-0.1, -0.05) is 32.3 Å². The van der Waals surface area contributed by atoms with E-state index in [0.717, 1.165) is 31.8 Å². The number of alkyl halides is 4. The SMILES string of the molecule is CCCCCCC=C1C2=C(C=C(C(F)(F)F)C1Cl)N=C(C)[N+]2(N)CC. The molecule has 2 aliphatic rings. The summed E-state index contributed by atoms with van der Waals surface area (Å²) in [6, 6.07) is 0. The first-order chi connectivity index (χ1) is 11.7. The van der Waals surface area contributed by atoms with Gasteiger partial charge in [-0.05, 0) is 25.8 Å². The van der Waals surface area contributed by atoms with Crippen molar-refractivity contribution in [2.75, 3.05) is 6.54 Å². The maximum atomic E-state index is 13.4. The highest BCUT2D eigenvalue weighted by Gasteiger charge is 2.50. The second kappa shape index (κ2) is 7.64. The fourth-order valence-corrected chi connectivity index (χ4v) is 3.69. The van der Waals surface area contributed by atoms with Crippen LogP contribution in [-0.4, -0.2) is 28.5 Å². The zero-order chi connectivity index (χ0) is 18.8. The number of amidine groups is 1. The van der Waals surface area contributed by atoms with E-state index in [0.29, 0.717) is 30.1 Å². The summed E-state index contributed by atoms with van der Waals surface area (Å²) in [5.74, 6) is 7.03. The highest BCUT2D eigenvalue weighted by Crippen LogP contribution is 2.46. The Hall–Kier alpha value is -1.11. The van der Waals surface area contributed by atoms with Crippen molar-refractivity contribution in [3.63, 3.8) is 0 Å². The van der Waals surface area contributed by atoms with Crippen LogP contribution in [0.15, 0.2) is 39.7 Å². The van der Waals surface area contributed by atoms with Crippen LogP contribution >= 0.6 is 11.6 Å². The zero-order valence-electron chi connectivity index (χ0n) is 15.0.